The Morgan fingerprint density at radius 1 is 1.38 bits per heavy atom. The SMILES string of the molecule is C#C[C@@]1(O)[C@H](O)[C@@H](COP(=O)(N[C@@H](C)C(=O)OCC(C)(C)C)Oc2ccccc2)O[C@H]1N1C=CC(=O)NC1=C. The summed E-state index contributed by atoms with van der Waals surface area (Å²) in [6, 6.07) is 7.01. The van der Waals surface area contributed by atoms with E-state index < -0.39 is 56.3 Å². The summed E-state index contributed by atoms with van der Waals surface area (Å²) in [4.78, 5) is 25.4. The van der Waals surface area contributed by atoms with E-state index in [1.54, 1.807) is 18.2 Å². The van der Waals surface area contributed by atoms with Gasteiger partial charge in [0.1, 0.15) is 29.8 Å². The van der Waals surface area contributed by atoms with E-state index in [1.165, 1.54) is 30.2 Å². The molecular formula is C26H34N3O9P. The smallest absolute Gasteiger partial charge is 0.459 e. The second kappa shape index (κ2) is 11.9. The molecule has 212 valence electrons. The Balaban J connectivity index is 1.78. The monoisotopic (exact) mass is 563 g/mol. The molecule has 0 bridgehead atoms. The van der Waals surface area contributed by atoms with Crippen LogP contribution >= 0.6 is 7.75 Å². The molecule has 1 unspecified atom stereocenters. The predicted molar refractivity (Wildman–Crippen MR) is 140 cm³/mol. The normalized spacial score (nSPS) is 27.3. The molecule has 13 heteroatoms. The standard InChI is InChI=1S/C26H34N3O9P/c1-7-26(33)22(31)20(37-24(26)29-14-13-21(30)27-18(29)3)15-36-39(34,38-19-11-9-8-10-12-19)28-17(2)23(32)35-16-25(4,5)6/h1,8-14,17,20,22,24,31,33H,3,15-16H2,2,4-6H3,(H,27,30)(H,28,34)/t17-,20+,22+,24+,26+,39?/m0/s1. The van der Waals surface area contributed by atoms with Crippen LogP contribution in [0.1, 0.15) is 27.7 Å². The Bertz CT molecular complexity index is 1190. The fraction of sp³-hybridized carbons (Fsp3) is 0.462. The van der Waals surface area contributed by atoms with Gasteiger partial charge in [0.2, 0.25) is 0 Å². The fourth-order valence-electron chi connectivity index (χ4n) is 3.63. The molecule has 3 rings (SSSR count). The average Bonchev–Trinajstić information content (AvgIpc) is 3.11. The lowest BCUT2D eigenvalue weighted by atomic mass is 9.94. The largest absolute Gasteiger partial charge is 0.464 e. The number of nitrogens with one attached hydrogen (secondary N) is 2. The van der Waals surface area contributed by atoms with Gasteiger partial charge in [-0.3, -0.25) is 14.1 Å². The highest BCUT2D eigenvalue weighted by molar-refractivity contribution is 7.52. The minimum absolute atomic E-state index is 0.0530. The number of esters is 1. The molecule has 1 fully saturated rings. The van der Waals surface area contributed by atoms with Crippen molar-refractivity contribution in [2.75, 3.05) is 13.2 Å². The van der Waals surface area contributed by atoms with Gasteiger partial charge in [-0.1, -0.05) is 51.5 Å². The Kier molecular flexibility index (Phi) is 9.28. The van der Waals surface area contributed by atoms with Crippen LogP contribution in [0.2, 0.25) is 0 Å². The Hall–Kier alpha value is -3.17. The molecule has 0 aliphatic carbocycles. The first-order valence-corrected chi connectivity index (χ1v) is 13.7. The van der Waals surface area contributed by atoms with Crippen LogP contribution in [0.25, 0.3) is 0 Å². The van der Waals surface area contributed by atoms with Gasteiger partial charge in [0, 0.05) is 12.3 Å². The van der Waals surface area contributed by atoms with Gasteiger partial charge in [-0.15, -0.1) is 6.42 Å². The number of benzene rings is 1. The third-order valence-corrected chi connectivity index (χ3v) is 7.31. The van der Waals surface area contributed by atoms with Crippen LogP contribution in [0.3, 0.4) is 0 Å². The number of hydrogen-bond donors (Lipinski definition) is 4. The lowest BCUT2D eigenvalue weighted by Gasteiger charge is -2.36. The number of ether oxygens (including phenoxy) is 2. The van der Waals surface area contributed by atoms with Crippen molar-refractivity contribution < 1.29 is 42.9 Å². The van der Waals surface area contributed by atoms with E-state index in [4.69, 9.17) is 24.9 Å². The van der Waals surface area contributed by atoms with Crippen molar-refractivity contribution in [3.05, 3.63) is 55.0 Å². The molecule has 1 aromatic rings. The summed E-state index contributed by atoms with van der Waals surface area (Å²) in [5.74, 6) is 1.24. The summed E-state index contributed by atoms with van der Waals surface area (Å²) in [7, 11) is -4.29. The molecule has 0 radical (unpaired) electrons. The first-order chi connectivity index (χ1) is 18.2. The van der Waals surface area contributed by atoms with Gasteiger partial charge in [-0.2, -0.15) is 5.09 Å². The molecule has 0 spiro atoms. The zero-order valence-corrected chi connectivity index (χ0v) is 23.1. The van der Waals surface area contributed by atoms with Crippen LogP contribution in [0, 0.1) is 17.8 Å². The molecular weight excluding hydrogens is 529 g/mol. The minimum atomic E-state index is -4.29. The number of nitrogens with zero attached hydrogens (tertiary/aromatic N) is 1. The van der Waals surface area contributed by atoms with E-state index in [9.17, 15) is 24.4 Å². The zero-order chi connectivity index (χ0) is 29.0. The maximum absolute atomic E-state index is 13.8. The van der Waals surface area contributed by atoms with E-state index in [1.807, 2.05) is 20.8 Å². The molecule has 1 saturated heterocycles. The lowest BCUT2D eigenvalue weighted by Crippen LogP contribution is -2.54. The molecule has 1 aromatic carbocycles. The van der Waals surface area contributed by atoms with Crippen molar-refractivity contribution in [1.29, 1.82) is 0 Å². The highest BCUT2D eigenvalue weighted by Gasteiger charge is 2.57. The van der Waals surface area contributed by atoms with Crippen LogP contribution in [-0.2, 0) is 28.2 Å². The van der Waals surface area contributed by atoms with Gasteiger partial charge in [-0.25, -0.2) is 4.57 Å². The number of carbonyl (C=O) groups is 2. The van der Waals surface area contributed by atoms with E-state index in [2.05, 4.69) is 22.9 Å². The molecule has 39 heavy (non-hydrogen) atoms. The number of carbonyl (C=O) groups excluding carboxylic acids is 2. The highest BCUT2D eigenvalue weighted by Crippen LogP contribution is 2.46. The van der Waals surface area contributed by atoms with Gasteiger partial charge >= 0.3 is 13.7 Å². The average molecular weight is 564 g/mol. The third kappa shape index (κ3) is 7.48. The number of aliphatic hydroxyl groups excluding tert-OH is 1. The summed E-state index contributed by atoms with van der Waals surface area (Å²) >= 11 is 0. The maximum atomic E-state index is 13.8. The minimum Gasteiger partial charge on any atom is -0.464 e. The Morgan fingerprint density at radius 2 is 2.05 bits per heavy atom. The first-order valence-electron chi connectivity index (χ1n) is 12.1. The molecule has 12 nitrogen and oxygen atoms in total. The van der Waals surface area contributed by atoms with Gasteiger partial charge in [0.25, 0.3) is 5.91 Å². The lowest BCUT2D eigenvalue weighted by molar-refractivity contribution is -0.148. The van der Waals surface area contributed by atoms with Crippen molar-refractivity contribution in [3.8, 4) is 18.1 Å². The van der Waals surface area contributed by atoms with Crippen molar-refractivity contribution in [1.82, 2.24) is 15.3 Å². The topological polar surface area (TPSA) is 156 Å². The van der Waals surface area contributed by atoms with Crippen LogP contribution < -0.4 is 14.9 Å². The van der Waals surface area contributed by atoms with Crippen molar-refractivity contribution in [2.45, 2.75) is 57.8 Å². The van der Waals surface area contributed by atoms with Gasteiger partial charge in [0.05, 0.1) is 13.2 Å². The van der Waals surface area contributed by atoms with E-state index >= 15 is 0 Å². The number of para-hydroxylation sites is 1. The van der Waals surface area contributed by atoms with Crippen LogP contribution in [0.5, 0.6) is 5.75 Å². The third-order valence-electron chi connectivity index (χ3n) is 5.66. The highest BCUT2D eigenvalue weighted by atomic mass is 31.2. The number of rotatable bonds is 10. The van der Waals surface area contributed by atoms with Crippen LogP contribution in [-0.4, -0.2) is 70.3 Å². The quantitative estimate of drug-likeness (QED) is 0.186. The maximum Gasteiger partial charge on any atom is 0.459 e. The second-order valence-corrected chi connectivity index (χ2v) is 12.0. The molecule has 2 aliphatic heterocycles. The second-order valence-electron chi connectivity index (χ2n) is 10.3. The first kappa shape index (κ1) is 30.4. The molecule has 2 heterocycles. The van der Waals surface area contributed by atoms with Crippen molar-refractivity contribution in [2.24, 2.45) is 5.41 Å². The number of hydrogen-bond acceptors (Lipinski definition) is 10. The number of aliphatic hydroxyl groups is 2. The molecule has 1 amide bonds. The van der Waals surface area contributed by atoms with E-state index in [-0.39, 0.29) is 23.6 Å². The fourth-order valence-corrected chi connectivity index (χ4v) is 5.13. The molecule has 0 aromatic heterocycles. The van der Waals surface area contributed by atoms with Crippen LogP contribution in [0.15, 0.2) is 55.0 Å². The van der Waals surface area contributed by atoms with Crippen LogP contribution in [0.4, 0.5) is 0 Å². The summed E-state index contributed by atoms with van der Waals surface area (Å²) in [5.41, 5.74) is -2.54. The van der Waals surface area contributed by atoms with Crippen molar-refractivity contribution >= 4 is 19.6 Å². The van der Waals surface area contributed by atoms with Gasteiger partial charge < -0.3 is 34.4 Å². The Labute approximate surface area is 227 Å². The molecule has 4 N–H and O–H groups in total. The summed E-state index contributed by atoms with van der Waals surface area (Å²) in [6.45, 7) is 10.4. The summed E-state index contributed by atoms with van der Waals surface area (Å²) in [5, 5.41) is 26.9. The molecule has 6 atom stereocenters. The zero-order valence-electron chi connectivity index (χ0n) is 22.2. The van der Waals surface area contributed by atoms with Gasteiger partial charge in [-0.05, 0) is 24.5 Å². The summed E-state index contributed by atoms with van der Waals surface area (Å²) < 4.78 is 36.1. The number of terminal acetylenes is 1. The summed E-state index contributed by atoms with van der Waals surface area (Å²) in [6.07, 6.45) is 3.62. The Morgan fingerprint density at radius 3 is 2.64 bits per heavy atom. The van der Waals surface area contributed by atoms with E-state index in [0.29, 0.717) is 0 Å². The predicted octanol–water partition coefficient (Wildman–Crippen LogP) is 1.62. The number of amides is 1. The van der Waals surface area contributed by atoms with E-state index in [0.717, 1.165) is 6.08 Å². The van der Waals surface area contributed by atoms with Gasteiger partial charge in [0.15, 0.2) is 11.8 Å². The molecule has 0 saturated carbocycles. The molecule has 2 aliphatic rings. The van der Waals surface area contributed by atoms with Crippen molar-refractivity contribution in [3.63, 3.8) is 0 Å².